The monoisotopic (exact) mass is 432 g/mol. The second-order valence-electron chi connectivity index (χ2n) is 5.67. The predicted octanol–water partition coefficient (Wildman–Crippen LogP) is 3.15. The summed E-state index contributed by atoms with van der Waals surface area (Å²) in [7, 11) is 1.45. The number of halogens is 3. The number of hydrogen-bond acceptors (Lipinski definition) is 8. The molecule has 3 N–H and O–H groups in total. The normalized spacial score (nSPS) is 13.2. The fraction of sp³-hybridized carbons (Fsp3) is 0.188. The van der Waals surface area contributed by atoms with Gasteiger partial charge in [0.15, 0.2) is 11.4 Å². The van der Waals surface area contributed by atoms with Crippen LogP contribution in [0.1, 0.15) is 18.1 Å². The molecule has 0 aliphatic rings. The molecule has 0 saturated carbocycles. The van der Waals surface area contributed by atoms with Crippen LogP contribution in [-0.2, 0) is 6.18 Å². The molecule has 0 heterocycles. The Balaban J connectivity index is 2.51. The summed E-state index contributed by atoms with van der Waals surface area (Å²) in [4.78, 5) is 10.6. The maximum Gasteiger partial charge on any atom is 0.416 e. The van der Waals surface area contributed by atoms with Crippen LogP contribution in [0.3, 0.4) is 0 Å². The van der Waals surface area contributed by atoms with Gasteiger partial charge in [0.05, 0.1) is 23.3 Å². The molecule has 0 aliphatic heterocycles. The first-order chi connectivity index (χ1) is 13.5. The highest BCUT2D eigenvalue weighted by Crippen LogP contribution is 2.39. The van der Waals surface area contributed by atoms with E-state index in [4.69, 9.17) is 4.74 Å². The molecular formula is C16H15F3N4O5S. The van der Waals surface area contributed by atoms with Gasteiger partial charge in [0.2, 0.25) is 0 Å². The van der Waals surface area contributed by atoms with Crippen molar-refractivity contribution in [1.82, 2.24) is 0 Å². The van der Waals surface area contributed by atoms with E-state index in [-0.39, 0.29) is 11.8 Å². The quantitative estimate of drug-likeness (QED) is 0.241. The van der Waals surface area contributed by atoms with Crippen LogP contribution in [-0.4, -0.2) is 23.0 Å². The molecule has 0 spiro atoms. The molecule has 13 heteroatoms. The highest BCUT2D eigenvalue weighted by atomic mass is 32.1. The van der Waals surface area contributed by atoms with Crippen molar-refractivity contribution in [3.05, 3.63) is 56.8 Å². The first kappa shape index (κ1) is 22.4. The van der Waals surface area contributed by atoms with E-state index >= 15 is 0 Å². The Morgan fingerprint density at radius 1 is 1.34 bits per heavy atom. The summed E-state index contributed by atoms with van der Waals surface area (Å²) >= 11 is 4.23. The second-order valence-corrected chi connectivity index (χ2v) is 6.16. The van der Waals surface area contributed by atoms with Crippen LogP contribution in [0.4, 0.5) is 30.2 Å². The van der Waals surface area contributed by atoms with Crippen molar-refractivity contribution in [3.63, 3.8) is 0 Å². The number of nitro benzene ring substituents is 1. The van der Waals surface area contributed by atoms with Crippen LogP contribution in [0.25, 0.3) is 0 Å². The van der Waals surface area contributed by atoms with E-state index in [0.717, 1.165) is 0 Å². The number of hydrogen-bond donors (Lipinski definition) is 4. The number of methoxy groups -OCH3 is 1. The Bertz CT molecular complexity index is 966. The number of nitro groups is 1. The number of ether oxygens (including phenoxy) is 1. The third kappa shape index (κ3) is 5.14. The molecule has 0 fully saturated rings. The number of rotatable bonds is 6. The molecule has 2 rings (SSSR count). The summed E-state index contributed by atoms with van der Waals surface area (Å²) in [5, 5.41) is 34.0. The minimum atomic E-state index is -4.96. The highest BCUT2D eigenvalue weighted by Gasteiger charge is 2.36. The number of anilines is 1. The Labute approximate surface area is 167 Å². The van der Waals surface area contributed by atoms with Crippen LogP contribution < -0.4 is 15.4 Å². The van der Waals surface area contributed by atoms with E-state index in [0.29, 0.717) is 22.3 Å². The SMILES string of the molecule is COc1ccc(/C(C)=N/Nc2c([N+](=O)[O-])cc(C(F)(F)F)cc2[NH+]([O-])O)cc1S. The lowest BCUT2D eigenvalue weighted by atomic mass is 10.1. The number of nitrogens with zero attached hydrogens (tertiary/aromatic N) is 2. The molecule has 2 aromatic carbocycles. The summed E-state index contributed by atoms with van der Waals surface area (Å²) in [6.45, 7) is 1.51. The van der Waals surface area contributed by atoms with Crippen molar-refractivity contribution < 1.29 is 33.3 Å². The Hall–Kier alpha value is -2.87. The van der Waals surface area contributed by atoms with Gasteiger partial charge in [-0.1, -0.05) is 0 Å². The van der Waals surface area contributed by atoms with E-state index in [2.05, 4.69) is 23.2 Å². The number of thiol groups is 1. The number of quaternary nitrogens is 1. The molecule has 1 atom stereocenters. The Morgan fingerprint density at radius 3 is 2.48 bits per heavy atom. The van der Waals surface area contributed by atoms with Crippen LogP contribution in [0, 0.1) is 15.3 Å². The van der Waals surface area contributed by atoms with E-state index < -0.39 is 39.0 Å². The topological polar surface area (TPSA) is 124 Å². The summed E-state index contributed by atoms with van der Waals surface area (Å²) in [5.74, 6) is 0.490. The lowest BCUT2D eigenvalue weighted by Gasteiger charge is -2.17. The van der Waals surface area contributed by atoms with Crippen LogP contribution >= 0.6 is 12.6 Å². The van der Waals surface area contributed by atoms with Crippen molar-refractivity contribution in [2.75, 3.05) is 12.5 Å². The third-order valence-corrected chi connectivity index (χ3v) is 4.15. The standard InChI is InChI=1S/C16H15F3N4O5S/c1-8(9-3-4-13(28-2)14(29)5-9)20-21-15-11(22(24)25)6-10(16(17,18)19)7-12(15)23(26)27/h3-7,21-22,24,29H,1-2H3/b20-8+. The molecule has 29 heavy (non-hydrogen) atoms. The number of benzene rings is 2. The average Bonchev–Trinajstić information content (AvgIpc) is 2.64. The maximum atomic E-state index is 13.0. The van der Waals surface area contributed by atoms with Crippen molar-refractivity contribution in [2.24, 2.45) is 5.10 Å². The molecular weight excluding hydrogens is 417 g/mol. The van der Waals surface area contributed by atoms with Crippen molar-refractivity contribution in [2.45, 2.75) is 18.0 Å². The van der Waals surface area contributed by atoms with E-state index in [9.17, 15) is 33.7 Å². The van der Waals surface area contributed by atoms with Gasteiger partial charge in [-0.05, 0) is 30.7 Å². The number of hydrazone groups is 1. The lowest BCUT2D eigenvalue weighted by molar-refractivity contribution is -0.990. The maximum absolute atomic E-state index is 13.0. The Kier molecular flexibility index (Phi) is 6.69. The molecule has 0 saturated heterocycles. The smallest absolute Gasteiger partial charge is 0.416 e. The molecule has 156 valence electrons. The second kappa shape index (κ2) is 8.65. The fourth-order valence-electron chi connectivity index (χ4n) is 2.34. The molecule has 0 amide bonds. The van der Waals surface area contributed by atoms with Gasteiger partial charge in [-0.3, -0.25) is 15.5 Å². The first-order valence-electron chi connectivity index (χ1n) is 7.76. The van der Waals surface area contributed by atoms with Gasteiger partial charge in [0.1, 0.15) is 5.75 Å². The molecule has 0 bridgehead atoms. The summed E-state index contributed by atoms with van der Waals surface area (Å²) in [6.07, 6.45) is -4.96. The van der Waals surface area contributed by atoms with E-state index in [1.165, 1.54) is 14.0 Å². The van der Waals surface area contributed by atoms with Gasteiger partial charge in [-0.2, -0.15) is 23.5 Å². The zero-order chi connectivity index (χ0) is 21.9. The van der Waals surface area contributed by atoms with Gasteiger partial charge in [-0.25, -0.2) is 5.21 Å². The zero-order valence-electron chi connectivity index (χ0n) is 14.9. The van der Waals surface area contributed by atoms with Crippen molar-refractivity contribution >= 4 is 35.4 Å². The van der Waals surface area contributed by atoms with Crippen LogP contribution in [0.5, 0.6) is 5.75 Å². The molecule has 0 radical (unpaired) electrons. The highest BCUT2D eigenvalue weighted by molar-refractivity contribution is 7.80. The fourth-order valence-corrected chi connectivity index (χ4v) is 2.64. The first-order valence-corrected chi connectivity index (χ1v) is 8.21. The minimum Gasteiger partial charge on any atom is -0.595 e. The average molecular weight is 432 g/mol. The van der Waals surface area contributed by atoms with Crippen molar-refractivity contribution in [1.29, 1.82) is 0 Å². The van der Waals surface area contributed by atoms with E-state index in [1.54, 1.807) is 18.2 Å². The summed E-state index contributed by atoms with van der Waals surface area (Å²) < 4.78 is 43.9. The van der Waals surface area contributed by atoms with Crippen LogP contribution in [0.15, 0.2) is 40.3 Å². The van der Waals surface area contributed by atoms with Gasteiger partial charge in [-0.15, -0.1) is 12.6 Å². The predicted molar refractivity (Wildman–Crippen MR) is 100.0 cm³/mol. The lowest BCUT2D eigenvalue weighted by Crippen LogP contribution is -2.99. The van der Waals surface area contributed by atoms with Gasteiger partial charge in [0.25, 0.3) is 0 Å². The van der Waals surface area contributed by atoms with Gasteiger partial charge < -0.3 is 9.94 Å². The zero-order valence-corrected chi connectivity index (χ0v) is 15.8. The molecule has 1 unspecified atom stereocenters. The molecule has 2 aromatic rings. The van der Waals surface area contributed by atoms with Crippen LogP contribution in [0.2, 0.25) is 0 Å². The molecule has 0 aliphatic carbocycles. The largest absolute Gasteiger partial charge is 0.595 e. The number of alkyl halides is 3. The molecule has 9 nitrogen and oxygen atoms in total. The summed E-state index contributed by atoms with van der Waals surface area (Å²) in [5.41, 5.74) is -1.13. The number of nitrogens with one attached hydrogen (secondary N) is 2. The van der Waals surface area contributed by atoms with Gasteiger partial charge >= 0.3 is 11.9 Å². The minimum absolute atomic E-state index is 0.249. The third-order valence-electron chi connectivity index (χ3n) is 3.80. The Morgan fingerprint density at radius 2 is 2.00 bits per heavy atom. The van der Waals surface area contributed by atoms with Crippen molar-refractivity contribution in [3.8, 4) is 5.75 Å². The van der Waals surface area contributed by atoms with E-state index in [1.807, 2.05) is 0 Å². The van der Waals surface area contributed by atoms with Gasteiger partial charge in [0, 0.05) is 17.0 Å². The summed E-state index contributed by atoms with van der Waals surface area (Å²) in [6, 6.07) is 5.35. The molecule has 0 aromatic heterocycles.